The summed E-state index contributed by atoms with van der Waals surface area (Å²) in [5.41, 5.74) is 4.23. The van der Waals surface area contributed by atoms with Crippen LogP contribution in [0.5, 0.6) is 5.75 Å². The Bertz CT molecular complexity index is 496. The first kappa shape index (κ1) is 15.6. The van der Waals surface area contributed by atoms with E-state index < -0.39 is 35.1 Å². The van der Waals surface area contributed by atoms with Crippen molar-refractivity contribution in [3.8, 4) is 5.75 Å². The molecule has 1 aromatic rings. The summed E-state index contributed by atoms with van der Waals surface area (Å²) in [6, 6.07) is -0.672. The van der Waals surface area contributed by atoms with E-state index in [2.05, 4.69) is 4.74 Å². The summed E-state index contributed by atoms with van der Waals surface area (Å²) in [5.74, 6) is -8.23. The topological polar surface area (TPSA) is 72.5 Å². The maximum Gasteiger partial charge on any atom is 0.379 e. The number of carbonyl (C=O) groups excluding carboxylic acids is 1. The first-order valence-corrected chi connectivity index (χ1v) is 5.58. The third-order valence-electron chi connectivity index (χ3n) is 2.36. The van der Waals surface area contributed by atoms with Crippen molar-refractivity contribution in [3.05, 3.63) is 28.5 Å². The Morgan fingerprint density at radius 1 is 1.58 bits per heavy atom. The van der Waals surface area contributed by atoms with Gasteiger partial charge in [0.25, 0.3) is 0 Å². The van der Waals surface area contributed by atoms with Crippen molar-refractivity contribution in [1.29, 1.82) is 0 Å². The number of nitrogens with two attached hydrogens (primary N) is 1. The van der Waals surface area contributed by atoms with Crippen LogP contribution in [0.4, 0.5) is 13.2 Å². The second-order valence-corrected chi connectivity index (χ2v) is 4.02. The monoisotopic (exact) mass is 297 g/mol. The number of aromatic hydroxyl groups is 1. The van der Waals surface area contributed by atoms with E-state index in [0.29, 0.717) is 0 Å². The van der Waals surface area contributed by atoms with Crippen molar-refractivity contribution in [2.24, 2.45) is 5.73 Å². The number of benzene rings is 1. The van der Waals surface area contributed by atoms with Crippen molar-refractivity contribution < 1.29 is 27.8 Å². The van der Waals surface area contributed by atoms with E-state index in [0.717, 1.165) is 12.1 Å². The number of hydrogen-bond acceptors (Lipinski definition) is 4. The van der Waals surface area contributed by atoms with E-state index in [1.54, 1.807) is 0 Å². The predicted octanol–water partition coefficient (Wildman–Crippen LogP) is 2.38. The van der Waals surface area contributed by atoms with Gasteiger partial charge in [-0.3, -0.25) is 0 Å². The predicted molar refractivity (Wildman–Crippen MR) is 61.6 cm³/mol. The van der Waals surface area contributed by atoms with Gasteiger partial charge in [-0.1, -0.05) is 11.6 Å². The minimum absolute atomic E-state index is 0.287. The Balaban J connectivity index is 3.23. The second kappa shape index (κ2) is 5.66. The third kappa shape index (κ3) is 2.93. The number of rotatable bonds is 4. The molecule has 1 atom stereocenters. The van der Waals surface area contributed by atoms with Crippen LogP contribution in [0, 0.1) is 5.82 Å². The molecule has 0 fully saturated rings. The highest BCUT2D eigenvalue weighted by molar-refractivity contribution is 6.32. The summed E-state index contributed by atoms with van der Waals surface area (Å²) in [6.45, 7) is 1.04. The number of alkyl halides is 2. The molecule has 0 bridgehead atoms. The molecule has 8 heteroatoms. The molecule has 0 radical (unpaired) electrons. The van der Waals surface area contributed by atoms with Gasteiger partial charge >= 0.3 is 11.9 Å². The normalized spacial score (nSPS) is 13.2. The molecule has 0 spiro atoms. The Hall–Kier alpha value is -1.47. The van der Waals surface area contributed by atoms with Gasteiger partial charge in [0.05, 0.1) is 17.2 Å². The average molecular weight is 298 g/mol. The van der Waals surface area contributed by atoms with Crippen LogP contribution in [0.2, 0.25) is 5.02 Å². The summed E-state index contributed by atoms with van der Waals surface area (Å²) >= 11 is 5.49. The van der Waals surface area contributed by atoms with E-state index >= 15 is 0 Å². The summed E-state index contributed by atoms with van der Waals surface area (Å²) in [5, 5.41) is 9.13. The molecule has 0 saturated carbocycles. The van der Waals surface area contributed by atoms with Gasteiger partial charge in [0, 0.05) is 0 Å². The molecule has 3 N–H and O–H groups in total. The van der Waals surface area contributed by atoms with Crippen molar-refractivity contribution in [1.82, 2.24) is 0 Å². The zero-order valence-corrected chi connectivity index (χ0v) is 10.5. The number of ether oxygens (including phenoxy) is 1. The van der Waals surface area contributed by atoms with Crippen LogP contribution in [0.1, 0.15) is 18.5 Å². The lowest BCUT2D eigenvalue weighted by Gasteiger charge is -2.23. The van der Waals surface area contributed by atoms with E-state index in [9.17, 15) is 23.1 Å². The molecule has 106 valence electrons. The van der Waals surface area contributed by atoms with Crippen LogP contribution in [-0.4, -0.2) is 23.6 Å². The van der Waals surface area contributed by atoms with Gasteiger partial charge in [0.15, 0.2) is 0 Å². The summed E-state index contributed by atoms with van der Waals surface area (Å²) in [6.07, 6.45) is 0. The molecule has 0 aromatic heterocycles. The molecular formula is C11H11ClF3NO3. The fourth-order valence-electron chi connectivity index (χ4n) is 1.39. The molecule has 0 aliphatic rings. The number of esters is 1. The maximum absolute atomic E-state index is 13.7. The smallest absolute Gasteiger partial charge is 0.379 e. The van der Waals surface area contributed by atoms with Crippen LogP contribution in [0.25, 0.3) is 0 Å². The summed E-state index contributed by atoms with van der Waals surface area (Å²) in [4.78, 5) is 11.1. The SMILES string of the molecule is CCOC(=O)C(F)(F)[C@H](N)c1c(F)ccc(Cl)c1O. The molecule has 0 aliphatic heterocycles. The number of phenolic OH excluding ortho intramolecular Hbond substituents is 1. The van der Waals surface area contributed by atoms with Gasteiger partial charge in [-0.15, -0.1) is 0 Å². The fraction of sp³-hybridized carbons (Fsp3) is 0.364. The molecule has 0 amide bonds. The van der Waals surface area contributed by atoms with E-state index in [1.807, 2.05) is 0 Å². The molecule has 1 rings (SSSR count). The highest BCUT2D eigenvalue weighted by Gasteiger charge is 2.49. The zero-order valence-electron chi connectivity index (χ0n) is 9.79. The minimum Gasteiger partial charge on any atom is -0.506 e. The largest absolute Gasteiger partial charge is 0.506 e. The van der Waals surface area contributed by atoms with Crippen LogP contribution in [0.15, 0.2) is 12.1 Å². The number of carbonyl (C=O) groups is 1. The molecule has 4 nitrogen and oxygen atoms in total. The van der Waals surface area contributed by atoms with Crippen LogP contribution in [0.3, 0.4) is 0 Å². The first-order chi connectivity index (χ1) is 8.73. The lowest BCUT2D eigenvalue weighted by atomic mass is 9.99. The molecule has 1 aromatic carbocycles. The number of hydrogen-bond donors (Lipinski definition) is 2. The number of phenols is 1. The number of halogens is 4. The quantitative estimate of drug-likeness (QED) is 0.837. The molecule has 19 heavy (non-hydrogen) atoms. The lowest BCUT2D eigenvalue weighted by molar-refractivity contribution is -0.175. The molecule has 0 saturated heterocycles. The molecule has 0 unspecified atom stereocenters. The minimum atomic E-state index is -4.20. The zero-order chi connectivity index (χ0) is 14.8. The van der Waals surface area contributed by atoms with Crippen LogP contribution < -0.4 is 5.73 Å². The van der Waals surface area contributed by atoms with E-state index in [4.69, 9.17) is 17.3 Å². The van der Waals surface area contributed by atoms with Crippen molar-refractivity contribution in [2.45, 2.75) is 18.9 Å². The molecule has 0 heterocycles. The first-order valence-electron chi connectivity index (χ1n) is 5.20. The second-order valence-electron chi connectivity index (χ2n) is 3.61. The van der Waals surface area contributed by atoms with Gasteiger partial charge in [0.1, 0.15) is 17.6 Å². The van der Waals surface area contributed by atoms with Gasteiger partial charge in [-0.05, 0) is 19.1 Å². The van der Waals surface area contributed by atoms with Crippen molar-refractivity contribution >= 4 is 17.6 Å². The standard InChI is InChI=1S/C11H11ClF3NO3/c1-2-19-10(18)11(14,15)9(16)7-6(13)4-3-5(12)8(7)17/h3-4,9,17H,2,16H2,1H3/t9-/m1/s1. The van der Waals surface area contributed by atoms with Crippen molar-refractivity contribution in [2.75, 3.05) is 6.61 Å². The highest BCUT2D eigenvalue weighted by atomic mass is 35.5. The molecule has 0 aliphatic carbocycles. The average Bonchev–Trinajstić information content (AvgIpc) is 2.34. The van der Waals surface area contributed by atoms with E-state index in [-0.39, 0.29) is 11.6 Å². The Morgan fingerprint density at radius 3 is 2.68 bits per heavy atom. The lowest BCUT2D eigenvalue weighted by Crippen LogP contribution is -2.42. The summed E-state index contributed by atoms with van der Waals surface area (Å²) in [7, 11) is 0. The van der Waals surface area contributed by atoms with Crippen molar-refractivity contribution in [3.63, 3.8) is 0 Å². The third-order valence-corrected chi connectivity index (χ3v) is 2.67. The van der Waals surface area contributed by atoms with Gasteiger partial charge in [-0.25, -0.2) is 9.18 Å². The van der Waals surface area contributed by atoms with Gasteiger partial charge < -0.3 is 15.6 Å². The Kier molecular flexibility index (Phi) is 4.65. The van der Waals surface area contributed by atoms with Gasteiger partial charge in [0.2, 0.25) is 0 Å². The van der Waals surface area contributed by atoms with Crippen LogP contribution >= 0.6 is 11.6 Å². The van der Waals surface area contributed by atoms with Crippen LogP contribution in [-0.2, 0) is 9.53 Å². The Labute approximate surface area is 111 Å². The maximum atomic E-state index is 13.7. The highest BCUT2D eigenvalue weighted by Crippen LogP contribution is 2.39. The summed E-state index contributed by atoms with van der Waals surface area (Å²) < 4.78 is 44.9. The van der Waals surface area contributed by atoms with E-state index in [1.165, 1.54) is 6.92 Å². The fourth-order valence-corrected chi connectivity index (χ4v) is 1.55. The Morgan fingerprint density at radius 2 is 2.16 bits per heavy atom. The van der Waals surface area contributed by atoms with Gasteiger partial charge in [-0.2, -0.15) is 8.78 Å². The molecular weight excluding hydrogens is 287 g/mol.